The fourth-order valence-electron chi connectivity index (χ4n) is 2.37. The number of carbonyl (C=O) groups is 2. The molecule has 8 heteroatoms. The highest BCUT2D eigenvalue weighted by molar-refractivity contribution is 7.13. The lowest BCUT2D eigenvalue weighted by Crippen LogP contribution is -2.44. The summed E-state index contributed by atoms with van der Waals surface area (Å²) in [6, 6.07) is 15.7. The van der Waals surface area contributed by atoms with Crippen molar-refractivity contribution in [2.24, 2.45) is 0 Å². The third-order valence-corrected chi connectivity index (χ3v) is 4.67. The van der Waals surface area contributed by atoms with Crippen molar-refractivity contribution >= 4 is 23.2 Å². The van der Waals surface area contributed by atoms with Gasteiger partial charge in [0.1, 0.15) is 5.75 Å². The van der Waals surface area contributed by atoms with E-state index in [9.17, 15) is 9.59 Å². The van der Waals surface area contributed by atoms with Crippen LogP contribution < -0.4 is 15.6 Å². The standard InChI is InChI=1S/C20H16N4O3S/c1-13-16(8-9-17(22-13)18-3-2-10-28-18)20(26)24-23-19(25)12-27-15-6-4-14(11-21)5-7-15/h2-10H,12H2,1H3,(H,23,25)(H,24,26). The fourth-order valence-corrected chi connectivity index (χ4v) is 3.06. The van der Waals surface area contributed by atoms with Gasteiger partial charge in [-0.15, -0.1) is 11.3 Å². The van der Waals surface area contributed by atoms with Crippen LogP contribution in [0.1, 0.15) is 21.6 Å². The average molecular weight is 392 g/mol. The number of aryl methyl sites for hydroxylation is 1. The van der Waals surface area contributed by atoms with E-state index in [1.807, 2.05) is 23.6 Å². The number of benzene rings is 1. The third-order valence-electron chi connectivity index (χ3n) is 3.77. The molecule has 7 nitrogen and oxygen atoms in total. The Morgan fingerprint density at radius 1 is 1.14 bits per heavy atom. The number of thiophene rings is 1. The summed E-state index contributed by atoms with van der Waals surface area (Å²) >= 11 is 1.57. The Bertz CT molecular complexity index is 1020. The summed E-state index contributed by atoms with van der Waals surface area (Å²) in [5, 5.41) is 10.7. The lowest BCUT2D eigenvalue weighted by atomic mass is 10.1. The Kier molecular flexibility index (Phi) is 5.99. The van der Waals surface area contributed by atoms with Crippen molar-refractivity contribution in [3.63, 3.8) is 0 Å². The first kappa shape index (κ1) is 19.1. The van der Waals surface area contributed by atoms with Gasteiger partial charge in [0.2, 0.25) is 0 Å². The third kappa shape index (κ3) is 4.72. The van der Waals surface area contributed by atoms with Gasteiger partial charge in [0, 0.05) is 0 Å². The van der Waals surface area contributed by atoms with Gasteiger partial charge in [-0.1, -0.05) is 6.07 Å². The van der Waals surface area contributed by atoms with Crippen LogP contribution in [-0.2, 0) is 4.79 Å². The van der Waals surface area contributed by atoms with E-state index >= 15 is 0 Å². The molecule has 1 aromatic carbocycles. The van der Waals surface area contributed by atoms with Crippen LogP contribution in [0.2, 0.25) is 0 Å². The van der Waals surface area contributed by atoms with Crippen LogP contribution in [0.3, 0.4) is 0 Å². The molecule has 0 atom stereocenters. The van der Waals surface area contributed by atoms with E-state index in [0.29, 0.717) is 22.6 Å². The number of hydrazine groups is 1. The van der Waals surface area contributed by atoms with Crippen LogP contribution in [-0.4, -0.2) is 23.4 Å². The highest BCUT2D eigenvalue weighted by Gasteiger charge is 2.13. The number of nitrogens with zero attached hydrogens (tertiary/aromatic N) is 2. The molecule has 0 bridgehead atoms. The van der Waals surface area contributed by atoms with E-state index in [-0.39, 0.29) is 6.61 Å². The molecule has 2 amide bonds. The van der Waals surface area contributed by atoms with Gasteiger partial charge in [-0.2, -0.15) is 5.26 Å². The lowest BCUT2D eigenvalue weighted by molar-refractivity contribution is -0.123. The number of hydrogen-bond donors (Lipinski definition) is 2. The minimum absolute atomic E-state index is 0.277. The van der Waals surface area contributed by atoms with Crippen molar-refractivity contribution in [1.29, 1.82) is 5.26 Å². The SMILES string of the molecule is Cc1nc(-c2cccs2)ccc1C(=O)NNC(=O)COc1ccc(C#N)cc1. The van der Waals surface area contributed by atoms with E-state index in [1.165, 1.54) is 0 Å². The summed E-state index contributed by atoms with van der Waals surface area (Å²) < 4.78 is 5.30. The van der Waals surface area contributed by atoms with Gasteiger partial charge in [0.15, 0.2) is 6.61 Å². The van der Waals surface area contributed by atoms with Gasteiger partial charge < -0.3 is 4.74 Å². The molecule has 2 heterocycles. The van der Waals surface area contributed by atoms with Gasteiger partial charge >= 0.3 is 0 Å². The molecule has 140 valence electrons. The zero-order valence-corrected chi connectivity index (χ0v) is 15.7. The molecular formula is C20H16N4O3S. The molecule has 0 spiro atoms. The van der Waals surface area contributed by atoms with Crippen LogP contribution in [0, 0.1) is 18.3 Å². The number of pyridine rings is 1. The van der Waals surface area contributed by atoms with Gasteiger partial charge in [0.25, 0.3) is 11.8 Å². The Hall–Kier alpha value is -3.70. The second-order valence-corrected chi connectivity index (χ2v) is 6.68. The summed E-state index contributed by atoms with van der Waals surface area (Å²) in [4.78, 5) is 29.6. The predicted octanol–water partition coefficient (Wildman–Crippen LogP) is 2.83. The molecule has 0 fully saturated rings. The molecule has 0 aliphatic rings. The largest absolute Gasteiger partial charge is 0.484 e. The first-order valence-corrected chi connectivity index (χ1v) is 9.18. The van der Waals surface area contributed by atoms with Crippen LogP contribution in [0.4, 0.5) is 0 Å². The Balaban J connectivity index is 1.52. The molecule has 0 aliphatic carbocycles. The highest BCUT2D eigenvalue weighted by atomic mass is 32.1. The van der Waals surface area contributed by atoms with Crippen LogP contribution in [0.15, 0.2) is 53.9 Å². The van der Waals surface area contributed by atoms with Gasteiger partial charge in [-0.25, -0.2) is 0 Å². The monoisotopic (exact) mass is 392 g/mol. The summed E-state index contributed by atoms with van der Waals surface area (Å²) in [6.07, 6.45) is 0. The molecule has 2 aromatic heterocycles. The van der Waals surface area contributed by atoms with Gasteiger partial charge in [0.05, 0.1) is 33.5 Å². The van der Waals surface area contributed by atoms with Crippen LogP contribution >= 0.6 is 11.3 Å². The Labute approximate surface area is 165 Å². The molecule has 3 rings (SSSR count). The van der Waals surface area contributed by atoms with Crippen LogP contribution in [0.25, 0.3) is 10.6 Å². The summed E-state index contributed by atoms with van der Waals surface area (Å²) in [5.74, 6) is -0.530. The number of aromatic nitrogens is 1. The van der Waals surface area contributed by atoms with Gasteiger partial charge in [-0.3, -0.25) is 25.4 Å². The van der Waals surface area contributed by atoms with E-state index in [1.54, 1.807) is 54.7 Å². The summed E-state index contributed by atoms with van der Waals surface area (Å²) in [6.45, 7) is 1.46. The van der Waals surface area contributed by atoms with Crippen LogP contribution in [0.5, 0.6) is 5.75 Å². The van der Waals surface area contributed by atoms with E-state index < -0.39 is 11.8 Å². The number of carbonyl (C=O) groups excluding carboxylic acids is 2. The maximum Gasteiger partial charge on any atom is 0.276 e. The number of hydrogen-bond acceptors (Lipinski definition) is 6. The van der Waals surface area contributed by atoms with E-state index in [0.717, 1.165) is 10.6 Å². The molecule has 0 saturated carbocycles. The van der Waals surface area contributed by atoms with Crippen molar-refractivity contribution in [2.45, 2.75) is 6.92 Å². The number of rotatable bonds is 5. The molecule has 0 radical (unpaired) electrons. The fraction of sp³-hybridized carbons (Fsp3) is 0.100. The van der Waals surface area contributed by atoms with Crippen molar-refractivity contribution in [2.75, 3.05) is 6.61 Å². The molecule has 3 aromatic rings. The van der Waals surface area contributed by atoms with Gasteiger partial charge in [-0.05, 0) is 54.8 Å². The predicted molar refractivity (Wildman–Crippen MR) is 105 cm³/mol. The Morgan fingerprint density at radius 2 is 1.93 bits per heavy atom. The lowest BCUT2D eigenvalue weighted by Gasteiger charge is -2.10. The number of nitrogens with one attached hydrogen (secondary N) is 2. The minimum atomic E-state index is -0.515. The topological polar surface area (TPSA) is 104 Å². The van der Waals surface area contributed by atoms with Crippen molar-refractivity contribution < 1.29 is 14.3 Å². The highest BCUT2D eigenvalue weighted by Crippen LogP contribution is 2.23. The van der Waals surface area contributed by atoms with E-state index in [4.69, 9.17) is 10.00 Å². The molecule has 28 heavy (non-hydrogen) atoms. The normalized spacial score (nSPS) is 10.0. The minimum Gasteiger partial charge on any atom is -0.484 e. The number of amides is 2. The molecule has 2 N–H and O–H groups in total. The Morgan fingerprint density at radius 3 is 2.57 bits per heavy atom. The number of ether oxygens (including phenoxy) is 1. The molecule has 0 aliphatic heterocycles. The summed E-state index contributed by atoms with van der Waals surface area (Å²) in [5.41, 5.74) is 6.88. The maximum absolute atomic E-state index is 12.3. The summed E-state index contributed by atoms with van der Waals surface area (Å²) in [7, 11) is 0. The molecule has 0 saturated heterocycles. The molecule has 0 unspecified atom stereocenters. The second kappa shape index (κ2) is 8.79. The van der Waals surface area contributed by atoms with Crippen molar-refractivity contribution in [3.05, 3.63) is 70.7 Å². The zero-order valence-electron chi connectivity index (χ0n) is 14.9. The maximum atomic E-state index is 12.3. The molecular weight excluding hydrogens is 376 g/mol. The van der Waals surface area contributed by atoms with Crippen molar-refractivity contribution in [1.82, 2.24) is 15.8 Å². The zero-order chi connectivity index (χ0) is 19.9. The average Bonchev–Trinajstić information content (AvgIpc) is 3.25. The van der Waals surface area contributed by atoms with E-state index in [2.05, 4.69) is 15.8 Å². The van der Waals surface area contributed by atoms with Crippen molar-refractivity contribution in [3.8, 4) is 22.4 Å². The smallest absolute Gasteiger partial charge is 0.276 e. The number of nitriles is 1. The first-order chi connectivity index (χ1) is 13.6. The second-order valence-electron chi connectivity index (χ2n) is 5.73. The first-order valence-electron chi connectivity index (χ1n) is 8.30. The quantitative estimate of drug-likeness (QED) is 0.650.